The summed E-state index contributed by atoms with van der Waals surface area (Å²) in [4.78, 5) is 26.8. The number of hydrogen-bond acceptors (Lipinski definition) is 4. The van der Waals surface area contributed by atoms with Crippen LogP contribution in [0.3, 0.4) is 0 Å². The van der Waals surface area contributed by atoms with Gasteiger partial charge in [0.2, 0.25) is 0 Å². The Morgan fingerprint density at radius 2 is 1.06 bits per heavy atom. The van der Waals surface area contributed by atoms with Crippen molar-refractivity contribution in [2.75, 3.05) is 0 Å². The summed E-state index contributed by atoms with van der Waals surface area (Å²) in [6.45, 7) is 10.8. The predicted octanol–water partition coefficient (Wildman–Crippen LogP) is 6.31. The predicted molar refractivity (Wildman–Crippen MR) is 127 cm³/mol. The van der Waals surface area contributed by atoms with E-state index in [0.717, 1.165) is 12.8 Å². The summed E-state index contributed by atoms with van der Waals surface area (Å²) in [7, 11) is 0. The molecule has 3 fully saturated rings. The number of ether oxygens (including phenoxy) is 2. The fourth-order valence-electron chi connectivity index (χ4n) is 8.27. The molecule has 0 radical (unpaired) electrons. The summed E-state index contributed by atoms with van der Waals surface area (Å²) in [6.07, 6.45) is 3.42. The van der Waals surface area contributed by atoms with Gasteiger partial charge in [-0.15, -0.1) is 0 Å². The smallest absolute Gasteiger partial charge is 0.338 e. The first kappa shape index (κ1) is 22.2. The van der Waals surface area contributed by atoms with Crippen LogP contribution >= 0.6 is 0 Å². The van der Waals surface area contributed by atoms with Crippen molar-refractivity contribution in [2.24, 2.45) is 28.6 Å². The molecule has 6 atom stereocenters. The Labute approximate surface area is 196 Å². The van der Waals surface area contributed by atoms with E-state index in [-0.39, 0.29) is 28.7 Å². The molecule has 0 N–H and O–H groups in total. The molecule has 2 aromatic rings. The van der Waals surface area contributed by atoms with Crippen LogP contribution in [0.25, 0.3) is 0 Å². The highest BCUT2D eigenvalue weighted by molar-refractivity contribution is 5.91. The van der Waals surface area contributed by atoms with Crippen molar-refractivity contribution >= 4 is 11.9 Å². The summed E-state index contributed by atoms with van der Waals surface area (Å²) in [5.41, 5.74) is -1.53. The van der Waals surface area contributed by atoms with E-state index in [1.165, 1.54) is 6.42 Å². The monoisotopic (exact) mass is 446 g/mol. The van der Waals surface area contributed by atoms with Gasteiger partial charge in [0.1, 0.15) is 0 Å². The SMILES string of the molecule is CC1C2(C)C3CCCC3C1(C)C(C)(OC(=O)c1ccccc1)C2(C)OC(=O)c1ccccc1. The summed E-state index contributed by atoms with van der Waals surface area (Å²) >= 11 is 0. The lowest BCUT2D eigenvalue weighted by molar-refractivity contribution is -0.232. The first-order valence-electron chi connectivity index (χ1n) is 12.2. The van der Waals surface area contributed by atoms with E-state index >= 15 is 0 Å². The molecule has 4 heteroatoms. The van der Waals surface area contributed by atoms with Gasteiger partial charge in [-0.1, -0.05) is 63.6 Å². The molecule has 0 aromatic heterocycles. The first-order chi connectivity index (χ1) is 15.6. The molecule has 3 aliphatic carbocycles. The summed E-state index contributed by atoms with van der Waals surface area (Å²) in [6, 6.07) is 18.2. The first-order valence-corrected chi connectivity index (χ1v) is 12.2. The van der Waals surface area contributed by atoms with Crippen LogP contribution in [0.15, 0.2) is 60.7 Å². The zero-order valence-corrected chi connectivity index (χ0v) is 20.3. The third-order valence-corrected chi connectivity index (χ3v) is 10.4. The average Bonchev–Trinajstić information content (AvgIpc) is 3.41. The summed E-state index contributed by atoms with van der Waals surface area (Å²) in [5, 5.41) is 0. The fourth-order valence-corrected chi connectivity index (χ4v) is 8.27. The molecule has 2 bridgehead atoms. The van der Waals surface area contributed by atoms with Gasteiger partial charge < -0.3 is 9.47 Å². The molecule has 0 aliphatic heterocycles. The molecule has 6 unspecified atom stereocenters. The Bertz CT molecular complexity index is 996. The van der Waals surface area contributed by atoms with Crippen molar-refractivity contribution in [1.29, 1.82) is 0 Å². The summed E-state index contributed by atoms with van der Waals surface area (Å²) in [5.74, 6) is 0.380. The third-order valence-electron chi connectivity index (χ3n) is 10.4. The molecule has 0 amide bonds. The Kier molecular flexibility index (Phi) is 4.83. The lowest BCUT2D eigenvalue weighted by atomic mass is 9.55. The number of benzene rings is 2. The van der Waals surface area contributed by atoms with Crippen LogP contribution in [-0.2, 0) is 9.47 Å². The van der Waals surface area contributed by atoms with E-state index in [0.29, 0.717) is 23.0 Å². The Morgan fingerprint density at radius 1 is 0.697 bits per heavy atom. The van der Waals surface area contributed by atoms with Gasteiger partial charge in [-0.2, -0.15) is 0 Å². The lowest BCUT2D eigenvalue weighted by Crippen LogP contribution is -2.68. The van der Waals surface area contributed by atoms with Crippen LogP contribution in [0.4, 0.5) is 0 Å². The van der Waals surface area contributed by atoms with E-state index in [2.05, 4.69) is 20.8 Å². The molecule has 0 heterocycles. The minimum Gasteiger partial charge on any atom is -0.451 e. The van der Waals surface area contributed by atoms with Crippen LogP contribution in [0.2, 0.25) is 0 Å². The van der Waals surface area contributed by atoms with Crippen molar-refractivity contribution in [3.8, 4) is 0 Å². The molecule has 3 saturated carbocycles. The normalized spacial score (nSPS) is 40.9. The van der Waals surface area contributed by atoms with Crippen molar-refractivity contribution in [1.82, 2.24) is 0 Å². The molecule has 33 heavy (non-hydrogen) atoms. The summed E-state index contributed by atoms with van der Waals surface area (Å²) < 4.78 is 13.0. The fraction of sp³-hybridized carbons (Fsp3) is 0.517. The highest BCUT2D eigenvalue weighted by Gasteiger charge is 2.87. The topological polar surface area (TPSA) is 52.6 Å². The van der Waals surface area contributed by atoms with Gasteiger partial charge in [-0.3, -0.25) is 0 Å². The maximum absolute atomic E-state index is 13.4. The Balaban J connectivity index is 1.63. The molecular weight excluding hydrogens is 412 g/mol. The van der Waals surface area contributed by atoms with E-state index < -0.39 is 11.2 Å². The van der Waals surface area contributed by atoms with Crippen molar-refractivity contribution in [3.63, 3.8) is 0 Å². The van der Waals surface area contributed by atoms with Gasteiger partial charge in [0, 0.05) is 10.8 Å². The van der Waals surface area contributed by atoms with Crippen LogP contribution in [-0.4, -0.2) is 23.1 Å². The van der Waals surface area contributed by atoms with Crippen molar-refractivity contribution in [3.05, 3.63) is 71.8 Å². The number of fused-ring (bicyclic) bond motifs is 5. The van der Waals surface area contributed by atoms with E-state index in [4.69, 9.17) is 9.47 Å². The molecule has 2 aromatic carbocycles. The van der Waals surface area contributed by atoms with E-state index in [1.54, 1.807) is 24.3 Å². The van der Waals surface area contributed by atoms with Gasteiger partial charge in [0.25, 0.3) is 0 Å². The molecule has 5 rings (SSSR count). The molecule has 4 nitrogen and oxygen atoms in total. The maximum atomic E-state index is 13.4. The van der Waals surface area contributed by atoms with Crippen molar-refractivity contribution < 1.29 is 19.1 Å². The standard InChI is InChI=1S/C29H34O4/c1-19-26(2)22-17-12-18-23(22)27(19,3)29(5,33-25(31)21-15-10-7-11-16-21)28(26,4)32-24(30)20-13-8-6-9-14-20/h6-11,13-16,19,22-23H,12,17-18H2,1-5H3. The highest BCUT2D eigenvalue weighted by Crippen LogP contribution is 2.81. The Morgan fingerprint density at radius 3 is 1.42 bits per heavy atom. The van der Waals surface area contributed by atoms with Gasteiger partial charge in [-0.05, 0) is 68.7 Å². The van der Waals surface area contributed by atoms with Crippen LogP contribution in [0.5, 0.6) is 0 Å². The molecule has 0 spiro atoms. The number of rotatable bonds is 4. The van der Waals surface area contributed by atoms with Gasteiger partial charge in [0.15, 0.2) is 11.2 Å². The lowest BCUT2D eigenvalue weighted by Gasteiger charge is -2.58. The quantitative estimate of drug-likeness (QED) is 0.517. The van der Waals surface area contributed by atoms with E-state index in [9.17, 15) is 9.59 Å². The molecular formula is C29H34O4. The molecule has 3 aliphatic rings. The zero-order valence-electron chi connectivity index (χ0n) is 20.3. The number of esters is 2. The molecule has 0 saturated heterocycles. The third kappa shape index (κ3) is 2.58. The minimum absolute atomic E-state index is 0.224. The molecule has 174 valence electrons. The maximum Gasteiger partial charge on any atom is 0.338 e. The zero-order chi connectivity index (χ0) is 23.6. The Hall–Kier alpha value is -2.62. The number of carbonyl (C=O) groups excluding carboxylic acids is 2. The second-order valence-corrected chi connectivity index (χ2v) is 11.0. The second kappa shape index (κ2) is 7.19. The van der Waals surface area contributed by atoms with Gasteiger partial charge >= 0.3 is 11.9 Å². The minimum atomic E-state index is -0.975. The average molecular weight is 447 g/mol. The van der Waals surface area contributed by atoms with Crippen molar-refractivity contribution in [2.45, 2.75) is 65.1 Å². The second-order valence-electron chi connectivity index (χ2n) is 11.0. The highest BCUT2D eigenvalue weighted by atomic mass is 16.6. The van der Waals surface area contributed by atoms with Gasteiger partial charge in [-0.25, -0.2) is 9.59 Å². The number of hydrogen-bond donors (Lipinski definition) is 0. The van der Waals surface area contributed by atoms with Crippen LogP contribution in [0.1, 0.15) is 74.6 Å². The van der Waals surface area contributed by atoms with Gasteiger partial charge in [0.05, 0.1) is 11.1 Å². The van der Waals surface area contributed by atoms with E-state index in [1.807, 2.05) is 50.2 Å². The number of carbonyl (C=O) groups is 2. The van der Waals surface area contributed by atoms with Crippen LogP contribution in [0, 0.1) is 28.6 Å². The van der Waals surface area contributed by atoms with Crippen LogP contribution < -0.4 is 0 Å². The largest absolute Gasteiger partial charge is 0.451 e.